The SMILES string of the molecule is COc1cc2nc(CCl)ncc2c(OC)c1OC. The van der Waals surface area contributed by atoms with Gasteiger partial charge in [-0.15, -0.1) is 11.6 Å². The van der Waals surface area contributed by atoms with Crippen molar-refractivity contribution in [1.29, 1.82) is 0 Å². The molecule has 0 saturated heterocycles. The predicted octanol–water partition coefficient (Wildman–Crippen LogP) is 2.39. The Bertz CT molecular complexity index is 575. The van der Waals surface area contributed by atoms with Gasteiger partial charge < -0.3 is 14.2 Å². The summed E-state index contributed by atoms with van der Waals surface area (Å²) in [7, 11) is 4.68. The van der Waals surface area contributed by atoms with Crippen LogP contribution in [0.1, 0.15) is 5.82 Å². The van der Waals surface area contributed by atoms with Crippen LogP contribution in [0.15, 0.2) is 12.3 Å². The number of rotatable bonds is 4. The highest BCUT2D eigenvalue weighted by Crippen LogP contribution is 2.42. The monoisotopic (exact) mass is 268 g/mol. The summed E-state index contributed by atoms with van der Waals surface area (Å²) in [6.07, 6.45) is 1.67. The number of nitrogens with zero attached hydrogens (tertiary/aromatic N) is 2. The second-order valence-electron chi connectivity index (χ2n) is 3.50. The molecule has 2 rings (SSSR count). The van der Waals surface area contributed by atoms with Crippen molar-refractivity contribution in [2.75, 3.05) is 21.3 Å². The van der Waals surface area contributed by atoms with Crippen molar-refractivity contribution in [3.8, 4) is 17.2 Å². The smallest absolute Gasteiger partial charge is 0.204 e. The van der Waals surface area contributed by atoms with Gasteiger partial charge in [-0.2, -0.15) is 0 Å². The lowest BCUT2D eigenvalue weighted by Gasteiger charge is -2.14. The molecule has 0 saturated carbocycles. The zero-order valence-electron chi connectivity index (χ0n) is 10.4. The van der Waals surface area contributed by atoms with Crippen molar-refractivity contribution in [2.45, 2.75) is 5.88 Å². The lowest BCUT2D eigenvalue weighted by atomic mass is 10.2. The Morgan fingerprint density at radius 1 is 1.11 bits per heavy atom. The van der Waals surface area contributed by atoms with E-state index in [9.17, 15) is 0 Å². The summed E-state index contributed by atoms with van der Waals surface area (Å²) in [5, 5.41) is 0.754. The minimum Gasteiger partial charge on any atom is -0.493 e. The summed E-state index contributed by atoms with van der Waals surface area (Å²) in [5.74, 6) is 2.44. The molecular weight excluding hydrogens is 256 g/mol. The van der Waals surface area contributed by atoms with Gasteiger partial charge >= 0.3 is 0 Å². The first kappa shape index (κ1) is 12.7. The molecule has 0 aliphatic rings. The zero-order valence-corrected chi connectivity index (χ0v) is 11.1. The summed E-state index contributed by atoms with van der Waals surface area (Å²) in [5.41, 5.74) is 0.704. The molecule has 96 valence electrons. The lowest BCUT2D eigenvalue weighted by Crippen LogP contribution is -1.99. The molecule has 1 aromatic heterocycles. The van der Waals surface area contributed by atoms with Gasteiger partial charge in [-0.05, 0) is 0 Å². The summed E-state index contributed by atoms with van der Waals surface area (Å²) in [6, 6.07) is 1.77. The summed E-state index contributed by atoms with van der Waals surface area (Å²) in [4.78, 5) is 8.47. The van der Waals surface area contributed by atoms with Crippen LogP contribution in [0.5, 0.6) is 17.2 Å². The van der Waals surface area contributed by atoms with E-state index in [1.165, 1.54) is 0 Å². The van der Waals surface area contributed by atoms with Crippen LogP contribution in [-0.4, -0.2) is 31.3 Å². The predicted molar refractivity (Wildman–Crippen MR) is 68.8 cm³/mol. The van der Waals surface area contributed by atoms with E-state index in [0.717, 1.165) is 5.39 Å². The molecule has 0 unspecified atom stereocenters. The molecule has 0 atom stereocenters. The van der Waals surface area contributed by atoms with Gasteiger partial charge in [-0.25, -0.2) is 9.97 Å². The van der Waals surface area contributed by atoms with Crippen LogP contribution < -0.4 is 14.2 Å². The molecule has 0 fully saturated rings. The van der Waals surface area contributed by atoms with Crippen LogP contribution >= 0.6 is 11.6 Å². The first-order chi connectivity index (χ1) is 8.74. The quantitative estimate of drug-likeness (QED) is 0.797. The van der Waals surface area contributed by atoms with Crippen molar-refractivity contribution in [1.82, 2.24) is 9.97 Å². The van der Waals surface area contributed by atoms with Crippen molar-refractivity contribution in [3.05, 3.63) is 18.1 Å². The maximum absolute atomic E-state index is 5.72. The highest BCUT2D eigenvalue weighted by molar-refractivity contribution is 6.16. The Kier molecular flexibility index (Phi) is 3.72. The average Bonchev–Trinajstić information content (AvgIpc) is 2.44. The highest BCUT2D eigenvalue weighted by atomic mass is 35.5. The maximum Gasteiger partial charge on any atom is 0.204 e. The molecule has 0 amide bonds. The third kappa shape index (κ3) is 2.01. The fraction of sp³-hybridized carbons (Fsp3) is 0.333. The zero-order chi connectivity index (χ0) is 13.1. The molecule has 0 spiro atoms. The number of benzene rings is 1. The normalized spacial score (nSPS) is 10.4. The van der Waals surface area contributed by atoms with Gasteiger partial charge in [-0.1, -0.05) is 0 Å². The Morgan fingerprint density at radius 2 is 1.83 bits per heavy atom. The Balaban J connectivity index is 2.78. The number of alkyl halides is 1. The largest absolute Gasteiger partial charge is 0.493 e. The maximum atomic E-state index is 5.72. The van der Waals surface area contributed by atoms with E-state index in [4.69, 9.17) is 25.8 Å². The molecule has 0 N–H and O–H groups in total. The third-order valence-corrected chi connectivity index (χ3v) is 2.80. The summed E-state index contributed by atoms with van der Waals surface area (Å²) >= 11 is 5.72. The molecule has 0 radical (unpaired) electrons. The summed E-state index contributed by atoms with van der Waals surface area (Å²) < 4.78 is 15.9. The van der Waals surface area contributed by atoms with Crippen LogP contribution in [0, 0.1) is 0 Å². The number of ether oxygens (including phenoxy) is 3. The van der Waals surface area contributed by atoms with E-state index < -0.39 is 0 Å². The topological polar surface area (TPSA) is 53.5 Å². The molecule has 0 aliphatic carbocycles. The van der Waals surface area contributed by atoms with E-state index in [1.54, 1.807) is 33.6 Å². The van der Waals surface area contributed by atoms with Gasteiger partial charge in [0.2, 0.25) is 5.75 Å². The van der Waals surface area contributed by atoms with E-state index in [2.05, 4.69) is 9.97 Å². The van der Waals surface area contributed by atoms with E-state index >= 15 is 0 Å². The van der Waals surface area contributed by atoms with Crippen molar-refractivity contribution in [2.24, 2.45) is 0 Å². The number of hydrogen-bond acceptors (Lipinski definition) is 5. The molecule has 6 heteroatoms. The van der Waals surface area contributed by atoms with Crippen molar-refractivity contribution < 1.29 is 14.2 Å². The van der Waals surface area contributed by atoms with Crippen LogP contribution in [0.2, 0.25) is 0 Å². The van der Waals surface area contributed by atoms with Crippen LogP contribution in [0.3, 0.4) is 0 Å². The molecular formula is C12H13ClN2O3. The lowest BCUT2D eigenvalue weighted by molar-refractivity contribution is 0.327. The van der Waals surface area contributed by atoms with Crippen molar-refractivity contribution in [3.63, 3.8) is 0 Å². The van der Waals surface area contributed by atoms with E-state index in [1.807, 2.05) is 0 Å². The van der Waals surface area contributed by atoms with Gasteiger partial charge in [0.1, 0.15) is 5.82 Å². The van der Waals surface area contributed by atoms with Crippen LogP contribution in [0.25, 0.3) is 10.9 Å². The number of hydrogen-bond donors (Lipinski definition) is 0. The molecule has 5 nitrogen and oxygen atoms in total. The second kappa shape index (κ2) is 5.27. The van der Waals surface area contributed by atoms with E-state index in [-0.39, 0.29) is 5.88 Å². The minimum absolute atomic E-state index is 0.257. The van der Waals surface area contributed by atoms with Gasteiger partial charge in [0.15, 0.2) is 11.5 Å². The molecule has 0 aliphatic heterocycles. The summed E-state index contributed by atoms with van der Waals surface area (Å²) in [6.45, 7) is 0. The van der Waals surface area contributed by atoms with Gasteiger partial charge in [0.05, 0.1) is 38.1 Å². The number of fused-ring (bicyclic) bond motifs is 1. The molecule has 1 heterocycles. The van der Waals surface area contributed by atoms with E-state index in [0.29, 0.717) is 28.6 Å². The standard InChI is InChI=1S/C12H13ClN2O3/c1-16-9-4-8-7(6-14-10(5-13)15-8)11(17-2)12(9)18-3/h4,6H,5H2,1-3H3. The molecule has 2 aromatic rings. The van der Waals surface area contributed by atoms with Gasteiger partial charge in [0.25, 0.3) is 0 Å². The second-order valence-corrected chi connectivity index (χ2v) is 3.77. The Hall–Kier alpha value is -1.75. The minimum atomic E-state index is 0.257. The van der Waals surface area contributed by atoms with Gasteiger partial charge in [0, 0.05) is 12.3 Å². The fourth-order valence-corrected chi connectivity index (χ4v) is 1.88. The molecule has 1 aromatic carbocycles. The molecule has 0 bridgehead atoms. The Morgan fingerprint density at radius 3 is 2.39 bits per heavy atom. The first-order valence-corrected chi connectivity index (χ1v) is 5.79. The van der Waals surface area contributed by atoms with Crippen molar-refractivity contribution >= 4 is 22.5 Å². The third-order valence-electron chi connectivity index (χ3n) is 2.56. The van der Waals surface area contributed by atoms with Crippen LogP contribution in [-0.2, 0) is 5.88 Å². The fourth-order valence-electron chi connectivity index (χ4n) is 1.75. The number of aromatic nitrogens is 2. The van der Waals surface area contributed by atoms with Gasteiger partial charge in [-0.3, -0.25) is 0 Å². The first-order valence-electron chi connectivity index (χ1n) is 5.25. The Labute approximate surface area is 110 Å². The molecule has 18 heavy (non-hydrogen) atoms. The highest BCUT2D eigenvalue weighted by Gasteiger charge is 2.17. The average molecular weight is 269 g/mol. The number of methoxy groups -OCH3 is 3. The number of halogens is 1. The van der Waals surface area contributed by atoms with Crippen LogP contribution in [0.4, 0.5) is 0 Å².